The fourth-order valence-corrected chi connectivity index (χ4v) is 3.09. The van der Waals surface area contributed by atoms with Crippen molar-refractivity contribution in [3.8, 4) is 0 Å². The van der Waals surface area contributed by atoms with Crippen LogP contribution in [0.5, 0.6) is 0 Å². The van der Waals surface area contributed by atoms with Gasteiger partial charge >= 0.3 is 0 Å². The Kier molecular flexibility index (Phi) is 7.92. The standard InChI is InChI=1S/C20H31N3O2/c1-21(2)13-12-20(25)23-16-14-22(15-17-23)19(24)11-7-6-10-18-8-4-3-5-9-18/h3-5,8-9H,6-7,10-17H2,1-2H3. The van der Waals surface area contributed by atoms with Crippen LogP contribution >= 0.6 is 0 Å². The van der Waals surface area contributed by atoms with Gasteiger partial charge in [0.15, 0.2) is 0 Å². The van der Waals surface area contributed by atoms with Gasteiger partial charge in [-0.05, 0) is 38.9 Å². The molecule has 0 saturated carbocycles. The zero-order valence-corrected chi connectivity index (χ0v) is 15.6. The van der Waals surface area contributed by atoms with Gasteiger partial charge in [-0.1, -0.05) is 30.3 Å². The predicted octanol–water partition coefficient (Wildman–Crippen LogP) is 2.02. The number of carbonyl (C=O) groups is 2. The number of hydrogen-bond donors (Lipinski definition) is 0. The largest absolute Gasteiger partial charge is 0.339 e. The second-order valence-electron chi connectivity index (χ2n) is 7.01. The minimum atomic E-state index is 0.198. The van der Waals surface area contributed by atoms with Crippen LogP contribution in [0.15, 0.2) is 30.3 Å². The van der Waals surface area contributed by atoms with Crippen molar-refractivity contribution in [3.63, 3.8) is 0 Å². The lowest BCUT2D eigenvalue weighted by Gasteiger charge is -2.35. The van der Waals surface area contributed by atoms with E-state index in [1.807, 2.05) is 34.9 Å². The fourth-order valence-electron chi connectivity index (χ4n) is 3.09. The Balaban J connectivity index is 1.61. The first-order valence-electron chi connectivity index (χ1n) is 9.30. The van der Waals surface area contributed by atoms with E-state index in [9.17, 15) is 9.59 Å². The van der Waals surface area contributed by atoms with Gasteiger partial charge in [-0.2, -0.15) is 0 Å². The van der Waals surface area contributed by atoms with Gasteiger partial charge in [0.05, 0.1) is 0 Å². The molecule has 0 N–H and O–H groups in total. The summed E-state index contributed by atoms with van der Waals surface area (Å²) in [4.78, 5) is 30.3. The average molecular weight is 345 g/mol. The molecule has 1 fully saturated rings. The van der Waals surface area contributed by atoms with E-state index >= 15 is 0 Å². The number of aryl methyl sites for hydroxylation is 1. The molecule has 1 saturated heterocycles. The molecule has 5 nitrogen and oxygen atoms in total. The maximum atomic E-state index is 12.3. The van der Waals surface area contributed by atoms with E-state index in [0.717, 1.165) is 25.8 Å². The molecule has 0 atom stereocenters. The van der Waals surface area contributed by atoms with Gasteiger partial charge < -0.3 is 14.7 Å². The molecule has 138 valence electrons. The van der Waals surface area contributed by atoms with Crippen LogP contribution in [0, 0.1) is 0 Å². The highest BCUT2D eigenvalue weighted by Gasteiger charge is 2.23. The van der Waals surface area contributed by atoms with E-state index in [1.165, 1.54) is 5.56 Å². The number of unbranched alkanes of at least 4 members (excludes halogenated alkanes) is 1. The second-order valence-corrected chi connectivity index (χ2v) is 7.01. The average Bonchev–Trinajstić information content (AvgIpc) is 2.64. The molecule has 1 heterocycles. The third-order valence-electron chi connectivity index (χ3n) is 4.71. The first-order valence-corrected chi connectivity index (χ1v) is 9.30. The van der Waals surface area contributed by atoms with E-state index in [0.29, 0.717) is 39.0 Å². The molecule has 0 bridgehead atoms. The Bertz CT molecular complexity index is 537. The zero-order valence-electron chi connectivity index (χ0n) is 15.6. The molecular formula is C20H31N3O2. The maximum Gasteiger partial charge on any atom is 0.223 e. The molecule has 0 aliphatic carbocycles. The lowest BCUT2D eigenvalue weighted by molar-refractivity contribution is -0.139. The minimum Gasteiger partial charge on any atom is -0.339 e. The summed E-state index contributed by atoms with van der Waals surface area (Å²) in [6, 6.07) is 10.4. The topological polar surface area (TPSA) is 43.9 Å². The lowest BCUT2D eigenvalue weighted by Crippen LogP contribution is -2.50. The monoisotopic (exact) mass is 345 g/mol. The van der Waals surface area contributed by atoms with Crippen LogP contribution in [0.25, 0.3) is 0 Å². The molecule has 1 aliphatic heterocycles. The van der Waals surface area contributed by atoms with Gasteiger partial charge in [0.1, 0.15) is 0 Å². The predicted molar refractivity (Wildman–Crippen MR) is 100 cm³/mol. The van der Waals surface area contributed by atoms with Gasteiger partial charge in [-0.25, -0.2) is 0 Å². The quantitative estimate of drug-likeness (QED) is 0.677. The highest BCUT2D eigenvalue weighted by Crippen LogP contribution is 2.10. The normalized spacial score (nSPS) is 14.8. The molecule has 1 aliphatic rings. The first kappa shape index (κ1) is 19.4. The van der Waals surface area contributed by atoms with E-state index in [1.54, 1.807) is 0 Å². The zero-order chi connectivity index (χ0) is 18.1. The summed E-state index contributed by atoms with van der Waals surface area (Å²) in [7, 11) is 3.95. The van der Waals surface area contributed by atoms with Crippen LogP contribution in [-0.4, -0.2) is 73.3 Å². The summed E-state index contributed by atoms with van der Waals surface area (Å²) in [6.45, 7) is 3.46. The Hall–Kier alpha value is -1.88. The molecule has 0 spiro atoms. The lowest BCUT2D eigenvalue weighted by atomic mass is 10.1. The molecule has 1 aromatic carbocycles. The first-order chi connectivity index (χ1) is 12.1. The van der Waals surface area contributed by atoms with Crippen molar-refractivity contribution in [2.24, 2.45) is 0 Å². The van der Waals surface area contributed by atoms with Crippen LogP contribution in [0.4, 0.5) is 0 Å². The molecular weight excluding hydrogens is 314 g/mol. The number of piperazine rings is 1. The van der Waals surface area contributed by atoms with Crippen LogP contribution in [0.1, 0.15) is 31.2 Å². The molecule has 2 rings (SSSR count). The van der Waals surface area contributed by atoms with E-state index < -0.39 is 0 Å². The summed E-state index contributed by atoms with van der Waals surface area (Å²) >= 11 is 0. The summed E-state index contributed by atoms with van der Waals surface area (Å²) in [6.07, 6.45) is 4.17. The molecule has 1 aromatic rings. The van der Waals surface area contributed by atoms with Crippen molar-refractivity contribution in [3.05, 3.63) is 35.9 Å². The van der Waals surface area contributed by atoms with Gasteiger partial charge in [-0.3, -0.25) is 9.59 Å². The van der Waals surface area contributed by atoms with Gasteiger partial charge in [0.25, 0.3) is 0 Å². The van der Waals surface area contributed by atoms with Crippen molar-refractivity contribution >= 4 is 11.8 Å². The Morgan fingerprint density at radius 2 is 1.44 bits per heavy atom. The number of hydrogen-bond acceptors (Lipinski definition) is 3. The van der Waals surface area contributed by atoms with Crippen LogP contribution in [0.2, 0.25) is 0 Å². The molecule has 2 amide bonds. The van der Waals surface area contributed by atoms with Gasteiger partial charge in [0.2, 0.25) is 11.8 Å². The van der Waals surface area contributed by atoms with Gasteiger partial charge in [0, 0.05) is 45.6 Å². The number of carbonyl (C=O) groups excluding carboxylic acids is 2. The Morgan fingerprint density at radius 3 is 2.00 bits per heavy atom. The van der Waals surface area contributed by atoms with Gasteiger partial charge in [-0.15, -0.1) is 0 Å². The van der Waals surface area contributed by atoms with Crippen LogP contribution in [-0.2, 0) is 16.0 Å². The molecule has 5 heteroatoms. The van der Waals surface area contributed by atoms with E-state index in [4.69, 9.17) is 0 Å². The smallest absolute Gasteiger partial charge is 0.223 e. The summed E-state index contributed by atoms with van der Waals surface area (Å²) in [5.74, 6) is 0.428. The number of nitrogens with zero attached hydrogens (tertiary/aromatic N) is 3. The molecule has 25 heavy (non-hydrogen) atoms. The van der Waals surface area contributed by atoms with Crippen molar-refractivity contribution in [2.45, 2.75) is 32.1 Å². The summed E-state index contributed by atoms with van der Waals surface area (Å²) in [5, 5.41) is 0. The second kappa shape index (κ2) is 10.2. The molecule has 0 aromatic heterocycles. The van der Waals surface area contributed by atoms with E-state index in [2.05, 4.69) is 24.3 Å². The number of benzene rings is 1. The van der Waals surface area contributed by atoms with Crippen molar-refractivity contribution < 1.29 is 9.59 Å². The third kappa shape index (κ3) is 6.86. The summed E-state index contributed by atoms with van der Waals surface area (Å²) in [5.41, 5.74) is 1.33. The highest BCUT2D eigenvalue weighted by molar-refractivity contribution is 5.78. The van der Waals surface area contributed by atoms with Crippen molar-refractivity contribution in [2.75, 3.05) is 46.8 Å². The van der Waals surface area contributed by atoms with Crippen LogP contribution < -0.4 is 0 Å². The summed E-state index contributed by atoms with van der Waals surface area (Å²) < 4.78 is 0. The maximum absolute atomic E-state index is 12.3. The minimum absolute atomic E-state index is 0.198. The highest BCUT2D eigenvalue weighted by atomic mass is 16.2. The fraction of sp³-hybridized carbons (Fsp3) is 0.600. The van der Waals surface area contributed by atoms with Crippen LogP contribution in [0.3, 0.4) is 0 Å². The Labute approximate surface area is 151 Å². The molecule has 0 unspecified atom stereocenters. The number of rotatable bonds is 8. The van der Waals surface area contributed by atoms with Crippen molar-refractivity contribution in [1.82, 2.24) is 14.7 Å². The molecule has 0 radical (unpaired) electrons. The van der Waals surface area contributed by atoms with Crippen molar-refractivity contribution in [1.29, 1.82) is 0 Å². The Morgan fingerprint density at radius 1 is 0.880 bits per heavy atom. The third-order valence-corrected chi connectivity index (χ3v) is 4.71. The number of amides is 2. The SMILES string of the molecule is CN(C)CCC(=O)N1CCN(C(=O)CCCCc2ccccc2)CC1. The van der Waals surface area contributed by atoms with E-state index in [-0.39, 0.29) is 11.8 Å².